The maximum Gasteiger partial charge on any atom is 0.0572 e. The van der Waals surface area contributed by atoms with E-state index >= 15 is 0 Å². The minimum atomic E-state index is 0. The van der Waals surface area contributed by atoms with E-state index in [0.29, 0.717) is 12.0 Å². The summed E-state index contributed by atoms with van der Waals surface area (Å²) in [5.74, 6) is 0.677. The molecule has 17 heavy (non-hydrogen) atoms. The van der Waals surface area contributed by atoms with Crippen molar-refractivity contribution in [1.29, 1.82) is 0 Å². The molecule has 1 saturated heterocycles. The zero-order valence-corrected chi connectivity index (χ0v) is 11.7. The first-order valence-electron chi connectivity index (χ1n) is 5.66. The second kappa shape index (κ2) is 7.88. The minimum absolute atomic E-state index is 0. The Morgan fingerprint density at radius 1 is 1.47 bits per heavy atom. The van der Waals surface area contributed by atoms with Gasteiger partial charge >= 0.3 is 0 Å². The summed E-state index contributed by atoms with van der Waals surface area (Å²) in [6, 6.07) is 6.53. The molecule has 0 radical (unpaired) electrons. The van der Waals surface area contributed by atoms with Crippen LogP contribution in [0.4, 0.5) is 0 Å². The Balaban J connectivity index is 0.00000128. The normalized spacial score (nSPS) is 21.4. The molecule has 2 N–H and O–H groups in total. The zero-order chi connectivity index (χ0) is 10.7. The van der Waals surface area contributed by atoms with E-state index in [4.69, 9.17) is 5.73 Å². The molecule has 2 unspecified atom stereocenters. The van der Waals surface area contributed by atoms with Crippen molar-refractivity contribution in [2.24, 2.45) is 11.7 Å². The van der Waals surface area contributed by atoms with Crippen LogP contribution in [0.25, 0.3) is 0 Å². The van der Waals surface area contributed by atoms with Gasteiger partial charge in [0.2, 0.25) is 0 Å². The van der Waals surface area contributed by atoms with Crippen molar-refractivity contribution in [3.8, 4) is 0 Å². The number of pyridine rings is 1. The van der Waals surface area contributed by atoms with Crippen LogP contribution in [0.1, 0.15) is 25.1 Å². The Morgan fingerprint density at radius 2 is 2.24 bits per heavy atom. The van der Waals surface area contributed by atoms with Crippen molar-refractivity contribution < 1.29 is 0 Å². The number of hydrogen-bond acceptors (Lipinski definition) is 3. The monoisotopic (exact) mass is 277 g/mol. The summed E-state index contributed by atoms with van der Waals surface area (Å²) in [4.78, 5) is 6.87. The number of likely N-dealkylation sites (tertiary alicyclic amines) is 1. The van der Waals surface area contributed by atoms with Crippen molar-refractivity contribution in [3.05, 3.63) is 30.1 Å². The molecule has 0 aromatic carbocycles. The molecule has 3 nitrogen and oxygen atoms in total. The highest BCUT2D eigenvalue weighted by molar-refractivity contribution is 5.85. The average molecular weight is 278 g/mol. The van der Waals surface area contributed by atoms with E-state index in [9.17, 15) is 0 Å². The van der Waals surface area contributed by atoms with Crippen molar-refractivity contribution in [2.75, 3.05) is 19.6 Å². The molecule has 0 bridgehead atoms. The number of nitrogens with zero attached hydrogens (tertiary/aromatic N) is 2. The molecule has 2 rings (SSSR count). The number of halogens is 2. The van der Waals surface area contributed by atoms with E-state index < -0.39 is 0 Å². The zero-order valence-electron chi connectivity index (χ0n) is 10.1. The predicted octanol–water partition coefficient (Wildman–Crippen LogP) is 2.27. The third kappa shape index (κ3) is 4.11. The van der Waals surface area contributed by atoms with Gasteiger partial charge in [0, 0.05) is 18.8 Å². The van der Waals surface area contributed by atoms with Gasteiger partial charge in [0.15, 0.2) is 0 Å². The third-order valence-corrected chi connectivity index (χ3v) is 3.31. The number of hydrogen-bond donors (Lipinski definition) is 1. The van der Waals surface area contributed by atoms with E-state index in [1.807, 2.05) is 12.3 Å². The first-order valence-corrected chi connectivity index (χ1v) is 5.66. The number of nitrogens with two attached hydrogens (primary N) is 1. The summed E-state index contributed by atoms with van der Waals surface area (Å²) in [7, 11) is 0. The Bertz CT molecular complexity index is 308. The fraction of sp³-hybridized carbons (Fsp3) is 0.583. The lowest BCUT2D eigenvalue weighted by atomic mass is 10.1. The van der Waals surface area contributed by atoms with Gasteiger partial charge in [-0.25, -0.2) is 0 Å². The molecular weight excluding hydrogens is 257 g/mol. The van der Waals surface area contributed by atoms with Crippen LogP contribution in [-0.2, 0) is 0 Å². The third-order valence-electron chi connectivity index (χ3n) is 3.31. The van der Waals surface area contributed by atoms with Crippen LogP contribution in [0.5, 0.6) is 0 Å². The quantitative estimate of drug-likeness (QED) is 0.922. The van der Waals surface area contributed by atoms with Crippen molar-refractivity contribution in [1.82, 2.24) is 9.88 Å². The van der Waals surface area contributed by atoms with Crippen LogP contribution < -0.4 is 5.73 Å². The average Bonchev–Trinajstić information content (AvgIpc) is 2.78. The highest BCUT2D eigenvalue weighted by atomic mass is 35.5. The minimum Gasteiger partial charge on any atom is -0.330 e. The van der Waals surface area contributed by atoms with E-state index in [0.717, 1.165) is 25.3 Å². The SMILES string of the molecule is CC(c1ccccn1)N1CCC(CN)C1.Cl.Cl. The maximum absolute atomic E-state index is 5.69. The lowest BCUT2D eigenvalue weighted by molar-refractivity contribution is 0.249. The van der Waals surface area contributed by atoms with Crippen molar-refractivity contribution in [3.63, 3.8) is 0 Å². The van der Waals surface area contributed by atoms with Gasteiger partial charge in [-0.15, -0.1) is 24.8 Å². The fourth-order valence-corrected chi connectivity index (χ4v) is 2.22. The van der Waals surface area contributed by atoms with Crippen LogP contribution >= 0.6 is 24.8 Å². The highest BCUT2D eigenvalue weighted by Gasteiger charge is 2.26. The molecule has 5 heteroatoms. The van der Waals surface area contributed by atoms with Gasteiger partial charge in [-0.05, 0) is 44.5 Å². The van der Waals surface area contributed by atoms with Crippen LogP contribution in [0.2, 0.25) is 0 Å². The molecule has 1 fully saturated rings. The topological polar surface area (TPSA) is 42.2 Å². The first-order chi connectivity index (χ1) is 7.31. The first kappa shape index (κ1) is 16.6. The van der Waals surface area contributed by atoms with E-state index in [1.54, 1.807) is 0 Å². The number of aromatic nitrogens is 1. The van der Waals surface area contributed by atoms with Gasteiger partial charge in [0.1, 0.15) is 0 Å². The van der Waals surface area contributed by atoms with Gasteiger partial charge in [0.05, 0.1) is 5.69 Å². The highest BCUT2D eigenvalue weighted by Crippen LogP contribution is 2.25. The van der Waals surface area contributed by atoms with Gasteiger partial charge in [-0.3, -0.25) is 9.88 Å². The molecule has 1 aromatic heterocycles. The second-order valence-electron chi connectivity index (χ2n) is 4.32. The van der Waals surface area contributed by atoms with Gasteiger partial charge in [-0.2, -0.15) is 0 Å². The summed E-state index contributed by atoms with van der Waals surface area (Å²) in [5, 5.41) is 0. The summed E-state index contributed by atoms with van der Waals surface area (Å²) < 4.78 is 0. The van der Waals surface area contributed by atoms with Crippen LogP contribution in [0.15, 0.2) is 24.4 Å². The number of rotatable bonds is 3. The molecule has 98 valence electrons. The summed E-state index contributed by atoms with van der Waals surface area (Å²) in [6.07, 6.45) is 3.09. The van der Waals surface area contributed by atoms with Crippen LogP contribution in [0.3, 0.4) is 0 Å². The summed E-state index contributed by atoms with van der Waals surface area (Å²) in [6.45, 7) is 5.31. The Labute approximate surface area is 116 Å². The Kier molecular flexibility index (Phi) is 7.71. The molecule has 1 aliphatic heterocycles. The molecule has 2 atom stereocenters. The molecule has 2 heterocycles. The Morgan fingerprint density at radius 3 is 2.76 bits per heavy atom. The molecule has 1 aliphatic rings. The standard InChI is InChI=1S/C12H19N3.2ClH/c1-10(12-4-2-3-6-14-12)15-7-5-11(8-13)9-15;;/h2-4,6,10-11H,5,7-9,13H2,1H3;2*1H. The molecule has 0 saturated carbocycles. The van der Waals surface area contributed by atoms with Crippen molar-refractivity contribution >= 4 is 24.8 Å². The van der Waals surface area contributed by atoms with Crippen LogP contribution in [0, 0.1) is 5.92 Å². The van der Waals surface area contributed by atoms with E-state index in [1.165, 1.54) is 6.42 Å². The Hall–Kier alpha value is -0.350. The molecule has 0 amide bonds. The molecule has 0 spiro atoms. The summed E-state index contributed by atoms with van der Waals surface area (Å²) >= 11 is 0. The predicted molar refractivity (Wildman–Crippen MR) is 75.9 cm³/mol. The van der Waals surface area contributed by atoms with E-state index in [-0.39, 0.29) is 24.8 Å². The van der Waals surface area contributed by atoms with E-state index in [2.05, 4.69) is 28.9 Å². The molecule has 0 aliphatic carbocycles. The summed E-state index contributed by atoms with van der Waals surface area (Å²) in [5.41, 5.74) is 6.85. The second-order valence-corrected chi connectivity index (χ2v) is 4.32. The van der Waals surface area contributed by atoms with Gasteiger partial charge in [0.25, 0.3) is 0 Å². The maximum atomic E-state index is 5.69. The molecule has 1 aromatic rings. The van der Waals surface area contributed by atoms with Crippen molar-refractivity contribution in [2.45, 2.75) is 19.4 Å². The molecular formula is C12H21Cl2N3. The fourth-order valence-electron chi connectivity index (χ4n) is 2.22. The van der Waals surface area contributed by atoms with Gasteiger partial charge in [-0.1, -0.05) is 6.07 Å². The lowest BCUT2D eigenvalue weighted by Gasteiger charge is -2.23. The largest absolute Gasteiger partial charge is 0.330 e. The van der Waals surface area contributed by atoms with Gasteiger partial charge < -0.3 is 5.73 Å². The lowest BCUT2D eigenvalue weighted by Crippen LogP contribution is -2.26. The smallest absolute Gasteiger partial charge is 0.0572 e. The van der Waals surface area contributed by atoms with Crippen LogP contribution in [-0.4, -0.2) is 29.5 Å².